The molecule has 112 valence electrons. The first-order valence-electron chi connectivity index (χ1n) is 6.90. The summed E-state index contributed by atoms with van der Waals surface area (Å²) in [7, 11) is 1.85. The van der Waals surface area contributed by atoms with E-state index in [-0.39, 0.29) is 17.7 Å². The summed E-state index contributed by atoms with van der Waals surface area (Å²) < 4.78 is 27.5. The second kappa shape index (κ2) is 6.22. The van der Waals surface area contributed by atoms with Crippen molar-refractivity contribution in [3.63, 3.8) is 0 Å². The third-order valence-electron chi connectivity index (χ3n) is 3.58. The molecule has 0 amide bonds. The molecule has 0 unspecified atom stereocenters. The SMILES string of the molecule is Cc1cc(N(C)Cc2ccccc2F)c([C@H](C)N)cc1F. The van der Waals surface area contributed by atoms with Crippen molar-refractivity contribution >= 4 is 5.69 Å². The van der Waals surface area contributed by atoms with Gasteiger partial charge in [0.25, 0.3) is 0 Å². The number of aryl methyl sites for hydroxylation is 1. The van der Waals surface area contributed by atoms with Crippen LogP contribution >= 0.6 is 0 Å². The summed E-state index contributed by atoms with van der Waals surface area (Å²) in [6, 6.07) is 9.57. The minimum absolute atomic E-state index is 0.245. The Bertz CT molecular complexity index is 639. The molecule has 0 fully saturated rings. The van der Waals surface area contributed by atoms with Gasteiger partial charge in [-0.15, -0.1) is 0 Å². The molecule has 0 aliphatic rings. The van der Waals surface area contributed by atoms with Crippen LogP contribution in [0.5, 0.6) is 0 Å². The van der Waals surface area contributed by atoms with E-state index in [0.717, 1.165) is 11.3 Å². The Labute approximate surface area is 124 Å². The second-order valence-corrected chi connectivity index (χ2v) is 5.40. The number of nitrogens with zero attached hydrogens (tertiary/aromatic N) is 1. The Morgan fingerprint density at radius 1 is 1.14 bits per heavy atom. The lowest BCUT2D eigenvalue weighted by molar-refractivity contribution is 0.605. The number of benzene rings is 2. The van der Waals surface area contributed by atoms with E-state index in [1.807, 2.05) is 18.9 Å². The average Bonchev–Trinajstić information content (AvgIpc) is 2.43. The number of anilines is 1. The fourth-order valence-electron chi connectivity index (χ4n) is 2.34. The zero-order valence-electron chi connectivity index (χ0n) is 12.5. The van der Waals surface area contributed by atoms with Crippen molar-refractivity contribution in [3.05, 3.63) is 64.7 Å². The molecule has 0 heterocycles. The Morgan fingerprint density at radius 2 is 1.81 bits per heavy atom. The summed E-state index contributed by atoms with van der Waals surface area (Å²) in [5.74, 6) is -0.518. The summed E-state index contributed by atoms with van der Waals surface area (Å²) in [6.07, 6.45) is 0. The topological polar surface area (TPSA) is 29.3 Å². The maximum atomic E-state index is 13.8. The summed E-state index contributed by atoms with van der Waals surface area (Å²) in [5, 5.41) is 0. The largest absolute Gasteiger partial charge is 0.370 e. The van der Waals surface area contributed by atoms with Gasteiger partial charge in [-0.1, -0.05) is 18.2 Å². The molecular weight excluding hydrogens is 270 g/mol. The smallest absolute Gasteiger partial charge is 0.128 e. The maximum Gasteiger partial charge on any atom is 0.128 e. The average molecular weight is 290 g/mol. The highest BCUT2D eigenvalue weighted by Gasteiger charge is 2.15. The minimum atomic E-state index is -0.293. The molecule has 0 saturated carbocycles. The van der Waals surface area contributed by atoms with Gasteiger partial charge in [0.1, 0.15) is 11.6 Å². The molecule has 4 heteroatoms. The van der Waals surface area contributed by atoms with Crippen LogP contribution in [-0.2, 0) is 6.54 Å². The fourth-order valence-corrected chi connectivity index (χ4v) is 2.34. The predicted octanol–water partition coefficient (Wildman–Crippen LogP) is 3.93. The Kier molecular flexibility index (Phi) is 4.58. The van der Waals surface area contributed by atoms with E-state index >= 15 is 0 Å². The van der Waals surface area contributed by atoms with Crippen LogP contribution in [-0.4, -0.2) is 7.05 Å². The molecular formula is C17H20F2N2. The maximum absolute atomic E-state index is 13.8. The van der Waals surface area contributed by atoms with Gasteiger partial charge in [-0.25, -0.2) is 8.78 Å². The number of hydrogen-bond donors (Lipinski definition) is 1. The highest BCUT2D eigenvalue weighted by molar-refractivity contribution is 5.57. The monoisotopic (exact) mass is 290 g/mol. The van der Waals surface area contributed by atoms with Crippen LogP contribution in [0.3, 0.4) is 0 Å². The van der Waals surface area contributed by atoms with Crippen LogP contribution in [0.2, 0.25) is 0 Å². The second-order valence-electron chi connectivity index (χ2n) is 5.40. The Balaban J connectivity index is 2.37. The van der Waals surface area contributed by atoms with Crippen molar-refractivity contribution in [1.29, 1.82) is 0 Å². The molecule has 2 rings (SSSR count). The molecule has 2 nitrogen and oxygen atoms in total. The van der Waals surface area contributed by atoms with Gasteiger partial charge in [-0.3, -0.25) is 0 Å². The molecule has 2 aromatic carbocycles. The van der Waals surface area contributed by atoms with Crippen molar-refractivity contribution in [2.24, 2.45) is 5.73 Å². The molecule has 0 radical (unpaired) electrons. The first-order chi connectivity index (χ1) is 9.90. The van der Waals surface area contributed by atoms with Crippen LogP contribution in [0.4, 0.5) is 14.5 Å². The zero-order valence-corrected chi connectivity index (χ0v) is 12.5. The quantitative estimate of drug-likeness (QED) is 0.924. The van der Waals surface area contributed by atoms with E-state index in [1.165, 1.54) is 12.1 Å². The van der Waals surface area contributed by atoms with Crippen LogP contribution < -0.4 is 10.6 Å². The van der Waals surface area contributed by atoms with Gasteiger partial charge < -0.3 is 10.6 Å². The van der Waals surface area contributed by atoms with E-state index in [2.05, 4.69) is 0 Å². The lowest BCUT2D eigenvalue weighted by atomic mass is 10.0. The van der Waals surface area contributed by atoms with Crippen molar-refractivity contribution in [2.75, 3.05) is 11.9 Å². The van der Waals surface area contributed by atoms with E-state index in [0.29, 0.717) is 17.7 Å². The van der Waals surface area contributed by atoms with Gasteiger partial charge in [0, 0.05) is 30.9 Å². The number of nitrogens with two attached hydrogens (primary N) is 1. The van der Waals surface area contributed by atoms with Crippen molar-refractivity contribution in [2.45, 2.75) is 26.4 Å². The number of hydrogen-bond acceptors (Lipinski definition) is 2. The molecule has 2 aromatic rings. The van der Waals surface area contributed by atoms with Crippen LogP contribution in [0, 0.1) is 18.6 Å². The van der Waals surface area contributed by atoms with Crippen LogP contribution in [0.15, 0.2) is 36.4 Å². The van der Waals surface area contributed by atoms with Gasteiger partial charge in [0.05, 0.1) is 0 Å². The van der Waals surface area contributed by atoms with E-state index in [1.54, 1.807) is 31.2 Å². The summed E-state index contributed by atoms with van der Waals surface area (Å²) in [5.41, 5.74) is 8.62. The van der Waals surface area contributed by atoms with Gasteiger partial charge in [0.2, 0.25) is 0 Å². The van der Waals surface area contributed by atoms with E-state index in [4.69, 9.17) is 5.73 Å². The molecule has 1 atom stereocenters. The van der Waals surface area contributed by atoms with E-state index in [9.17, 15) is 8.78 Å². The van der Waals surface area contributed by atoms with Crippen molar-refractivity contribution in [1.82, 2.24) is 0 Å². The Morgan fingerprint density at radius 3 is 2.43 bits per heavy atom. The fraction of sp³-hybridized carbons (Fsp3) is 0.294. The van der Waals surface area contributed by atoms with E-state index < -0.39 is 0 Å². The highest BCUT2D eigenvalue weighted by atomic mass is 19.1. The van der Waals surface area contributed by atoms with Crippen molar-refractivity contribution in [3.8, 4) is 0 Å². The summed E-state index contributed by atoms with van der Waals surface area (Å²) in [4.78, 5) is 1.89. The zero-order chi connectivity index (χ0) is 15.6. The normalized spacial score (nSPS) is 12.3. The minimum Gasteiger partial charge on any atom is -0.370 e. The van der Waals surface area contributed by atoms with Gasteiger partial charge in [-0.05, 0) is 43.2 Å². The van der Waals surface area contributed by atoms with Gasteiger partial charge >= 0.3 is 0 Å². The van der Waals surface area contributed by atoms with Gasteiger partial charge in [-0.2, -0.15) is 0 Å². The number of rotatable bonds is 4. The highest BCUT2D eigenvalue weighted by Crippen LogP contribution is 2.29. The lowest BCUT2D eigenvalue weighted by Gasteiger charge is -2.25. The Hall–Kier alpha value is -1.94. The standard InChI is InChI=1S/C17H20F2N2/c1-11-8-17(14(12(2)20)9-16(11)19)21(3)10-13-6-4-5-7-15(13)18/h4-9,12H,10,20H2,1-3H3/t12-/m0/s1. The summed E-state index contributed by atoms with van der Waals surface area (Å²) in [6.45, 7) is 3.92. The summed E-state index contributed by atoms with van der Waals surface area (Å²) >= 11 is 0. The molecule has 0 saturated heterocycles. The first-order valence-corrected chi connectivity index (χ1v) is 6.90. The molecule has 0 bridgehead atoms. The van der Waals surface area contributed by atoms with Crippen molar-refractivity contribution < 1.29 is 8.78 Å². The molecule has 2 N–H and O–H groups in total. The number of halogens is 2. The molecule has 0 spiro atoms. The van der Waals surface area contributed by atoms with Crippen LogP contribution in [0.25, 0.3) is 0 Å². The van der Waals surface area contributed by atoms with Crippen LogP contribution in [0.1, 0.15) is 29.7 Å². The third-order valence-corrected chi connectivity index (χ3v) is 3.58. The molecule has 0 aliphatic carbocycles. The third kappa shape index (κ3) is 3.39. The van der Waals surface area contributed by atoms with Gasteiger partial charge in [0.15, 0.2) is 0 Å². The molecule has 0 aliphatic heterocycles. The molecule has 0 aromatic heterocycles. The predicted molar refractivity (Wildman–Crippen MR) is 82.2 cm³/mol. The molecule has 21 heavy (non-hydrogen) atoms. The first kappa shape index (κ1) is 15.4. The lowest BCUT2D eigenvalue weighted by Crippen LogP contribution is -2.21.